The van der Waals surface area contributed by atoms with Crippen LogP contribution in [0.15, 0.2) is 18.2 Å². The predicted molar refractivity (Wildman–Crippen MR) is 87.9 cm³/mol. The Hall–Kier alpha value is -0.480. The summed E-state index contributed by atoms with van der Waals surface area (Å²) in [5.74, 6) is -0.113. The third kappa shape index (κ3) is 6.80. The molecule has 0 aliphatic rings. The zero-order valence-corrected chi connectivity index (χ0v) is 14.0. The Kier molecular flexibility index (Phi) is 9.23. The van der Waals surface area contributed by atoms with Gasteiger partial charge in [-0.3, -0.25) is 4.79 Å². The maximum Gasteiger partial charge on any atom is 0.223 e. The van der Waals surface area contributed by atoms with E-state index in [0.29, 0.717) is 23.0 Å². The fourth-order valence-corrected chi connectivity index (χ4v) is 2.19. The zero-order valence-electron chi connectivity index (χ0n) is 11.7. The molecule has 1 aromatic carbocycles. The van der Waals surface area contributed by atoms with Crippen LogP contribution in [-0.2, 0) is 11.2 Å². The zero-order chi connectivity index (χ0) is 14.4. The highest BCUT2D eigenvalue weighted by Crippen LogP contribution is 2.23. The number of carbonyl (C=O) groups is 1. The maximum absolute atomic E-state index is 11.9. The number of nitrogens with one attached hydrogen (secondary N) is 1. The monoisotopic (exact) mass is 338 g/mol. The lowest BCUT2D eigenvalue weighted by atomic mass is 10.0. The number of hydrogen-bond donors (Lipinski definition) is 2. The van der Waals surface area contributed by atoms with Crippen molar-refractivity contribution in [2.45, 2.75) is 32.7 Å². The number of benzene rings is 1. The summed E-state index contributed by atoms with van der Waals surface area (Å²) in [7, 11) is 0. The molecule has 0 aliphatic heterocycles. The molecule has 0 heterocycles. The Balaban J connectivity index is 0.00000361. The first-order valence-electron chi connectivity index (χ1n) is 6.37. The molecule has 0 aliphatic carbocycles. The number of nitrogens with two attached hydrogens (primary N) is 1. The molecular weight excluding hydrogens is 319 g/mol. The number of halogens is 3. The van der Waals surface area contributed by atoms with E-state index < -0.39 is 0 Å². The molecule has 1 aromatic rings. The van der Waals surface area contributed by atoms with Gasteiger partial charge in [0.15, 0.2) is 0 Å². The second-order valence-corrected chi connectivity index (χ2v) is 5.74. The van der Waals surface area contributed by atoms with Crippen LogP contribution >= 0.6 is 35.6 Å². The summed E-state index contributed by atoms with van der Waals surface area (Å²) in [6.45, 7) is 4.41. The van der Waals surface area contributed by atoms with Crippen LogP contribution < -0.4 is 11.1 Å². The fourth-order valence-electron chi connectivity index (χ4n) is 1.71. The van der Waals surface area contributed by atoms with Crippen LogP contribution in [0.3, 0.4) is 0 Å². The largest absolute Gasteiger partial charge is 0.356 e. The number of hydrogen-bond acceptors (Lipinski definition) is 2. The quantitative estimate of drug-likeness (QED) is 0.834. The van der Waals surface area contributed by atoms with E-state index in [9.17, 15) is 4.79 Å². The summed E-state index contributed by atoms with van der Waals surface area (Å²) >= 11 is 11.9. The normalized spacial score (nSPS) is 13.2. The van der Waals surface area contributed by atoms with E-state index in [1.165, 1.54) is 0 Å². The maximum atomic E-state index is 11.9. The first-order chi connectivity index (χ1) is 8.90. The van der Waals surface area contributed by atoms with Crippen LogP contribution in [0.4, 0.5) is 0 Å². The molecule has 3 nitrogen and oxygen atoms in total. The van der Waals surface area contributed by atoms with E-state index in [2.05, 4.69) is 5.32 Å². The van der Waals surface area contributed by atoms with Crippen molar-refractivity contribution in [1.82, 2.24) is 5.32 Å². The molecule has 2 atom stereocenters. The molecule has 0 saturated heterocycles. The van der Waals surface area contributed by atoms with Crippen molar-refractivity contribution in [2.24, 2.45) is 11.7 Å². The number of amides is 1. The van der Waals surface area contributed by atoms with E-state index in [1.807, 2.05) is 19.9 Å². The Morgan fingerprint density at radius 2 is 2.00 bits per heavy atom. The molecule has 0 bridgehead atoms. The molecule has 6 heteroatoms. The molecule has 0 spiro atoms. The highest BCUT2D eigenvalue weighted by atomic mass is 35.5. The average molecular weight is 340 g/mol. The second kappa shape index (κ2) is 9.46. The van der Waals surface area contributed by atoms with Crippen molar-refractivity contribution in [3.05, 3.63) is 33.8 Å². The lowest BCUT2D eigenvalue weighted by Crippen LogP contribution is -2.33. The topological polar surface area (TPSA) is 55.1 Å². The molecule has 0 saturated carbocycles. The van der Waals surface area contributed by atoms with Crippen molar-refractivity contribution in [3.8, 4) is 0 Å². The van der Waals surface area contributed by atoms with Gasteiger partial charge in [0.1, 0.15) is 0 Å². The summed E-state index contributed by atoms with van der Waals surface area (Å²) < 4.78 is 0. The van der Waals surface area contributed by atoms with Crippen molar-refractivity contribution in [2.75, 3.05) is 6.54 Å². The molecule has 1 rings (SSSR count). The Labute approximate surface area is 136 Å². The third-order valence-corrected chi connectivity index (χ3v) is 3.47. The third-order valence-electron chi connectivity index (χ3n) is 2.89. The first kappa shape index (κ1) is 19.5. The summed E-state index contributed by atoms with van der Waals surface area (Å²) in [5, 5.41) is 4.08. The van der Waals surface area contributed by atoms with Crippen LogP contribution in [-0.4, -0.2) is 18.5 Å². The van der Waals surface area contributed by atoms with Gasteiger partial charge in [0.25, 0.3) is 0 Å². The van der Waals surface area contributed by atoms with Crippen LogP contribution in [0, 0.1) is 5.92 Å². The molecule has 0 fully saturated rings. The smallest absolute Gasteiger partial charge is 0.223 e. The van der Waals surface area contributed by atoms with Crippen molar-refractivity contribution < 1.29 is 4.79 Å². The molecule has 0 radical (unpaired) electrons. The van der Waals surface area contributed by atoms with Crippen molar-refractivity contribution in [3.63, 3.8) is 0 Å². The molecule has 20 heavy (non-hydrogen) atoms. The molecule has 3 N–H and O–H groups in total. The average Bonchev–Trinajstić information content (AvgIpc) is 2.32. The standard InChI is InChI=1S/C14H20Cl2N2O.ClH/c1-9(14(19)18-6-5-10(2)17)7-11-3-4-12(15)8-13(11)16;/h3-4,8-10H,5-7,17H2,1-2H3,(H,18,19);1H. The number of rotatable bonds is 6. The van der Waals surface area contributed by atoms with E-state index in [-0.39, 0.29) is 30.3 Å². The molecule has 114 valence electrons. The highest BCUT2D eigenvalue weighted by molar-refractivity contribution is 6.35. The van der Waals surface area contributed by atoms with E-state index in [0.717, 1.165) is 12.0 Å². The molecular formula is C14H21Cl3N2O. The Morgan fingerprint density at radius 3 is 2.55 bits per heavy atom. The number of carbonyl (C=O) groups excluding carboxylic acids is 1. The second-order valence-electron chi connectivity index (χ2n) is 4.90. The summed E-state index contributed by atoms with van der Waals surface area (Å²) in [4.78, 5) is 11.9. The summed E-state index contributed by atoms with van der Waals surface area (Å²) in [6.07, 6.45) is 1.38. The van der Waals surface area contributed by atoms with Crippen molar-refractivity contribution >= 4 is 41.5 Å². The fraction of sp³-hybridized carbons (Fsp3) is 0.500. The van der Waals surface area contributed by atoms with Gasteiger partial charge in [-0.05, 0) is 37.5 Å². The minimum absolute atomic E-state index is 0. The van der Waals surface area contributed by atoms with Crippen LogP contribution in [0.25, 0.3) is 0 Å². The Morgan fingerprint density at radius 1 is 1.35 bits per heavy atom. The highest BCUT2D eigenvalue weighted by Gasteiger charge is 2.15. The van der Waals surface area contributed by atoms with Gasteiger partial charge in [-0.1, -0.05) is 36.2 Å². The minimum Gasteiger partial charge on any atom is -0.356 e. The molecule has 0 aromatic heterocycles. The van der Waals surface area contributed by atoms with Crippen molar-refractivity contribution in [1.29, 1.82) is 0 Å². The lowest BCUT2D eigenvalue weighted by molar-refractivity contribution is -0.124. The molecule has 2 unspecified atom stereocenters. The SMILES string of the molecule is CC(N)CCNC(=O)C(C)Cc1ccc(Cl)cc1Cl.Cl. The van der Waals surface area contributed by atoms with Gasteiger partial charge in [0.2, 0.25) is 5.91 Å². The summed E-state index contributed by atoms with van der Waals surface area (Å²) in [6, 6.07) is 5.43. The van der Waals surface area contributed by atoms with E-state index >= 15 is 0 Å². The lowest BCUT2D eigenvalue weighted by Gasteiger charge is -2.14. The van der Waals surface area contributed by atoms with Gasteiger partial charge in [-0.15, -0.1) is 12.4 Å². The van der Waals surface area contributed by atoms with Gasteiger partial charge < -0.3 is 11.1 Å². The van der Waals surface area contributed by atoms with Crippen LogP contribution in [0.2, 0.25) is 10.0 Å². The molecule has 1 amide bonds. The van der Waals surface area contributed by atoms with E-state index in [4.69, 9.17) is 28.9 Å². The van der Waals surface area contributed by atoms with Gasteiger partial charge in [0, 0.05) is 28.5 Å². The van der Waals surface area contributed by atoms with Gasteiger partial charge in [-0.2, -0.15) is 0 Å². The van der Waals surface area contributed by atoms with Gasteiger partial charge in [0.05, 0.1) is 0 Å². The van der Waals surface area contributed by atoms with Crippen LogP contribution in [0.1, 0.15) is 25.8 Å². The summed E-state index contributed by atoms with van der Waals surface area (Å²) in [5.41, 5.74) is 6.56. The minimum atomic E-state index is -0.133. The van der Waals surface area contributed by atoms with Gasteiger partial charge in [-0.25, -0.2) is 0 Å². The van der Waals surface area contributed by atoms with Gasteiger partial charge >= 0.3 is 0 Å². The van der Waals surface area contributed by atoms with Crippen LogP contribution in [0.5, 0.6) is 0 Å². The first-order valence-corrected chi connectivity index (χ1v) is 7.13. The Bertz CT molecular complexity index is 438. The van der Waals surface area contributed by atoms with E-state index in [1.54, 1.807) is 12.1 Å². The predicted octanol–water partition coefficient (Wildman–Crippen LogP) is 3.45.